The Kier molecular flexibility index (Phi) is 8.61. The number of aromatic nitrogens is 4. The van der Waals surface area contributed by atoms with Gasteiger partial charge in [-0.15, -0.1) is 0 Å². The molecule has 0 saturated heterocycles. The monoisotopic (exact) mass is 498 g/mol. The van der Waals surface area contributed by atoms with E-state index in [9.17, 15) is 14.4 Å². The number of anilines is 2. The van der Waals surface area contributed by atoms with Crippen molar-refractivity contribution in [3.63, 3.8) is 0 Å². The van der Waals surface area contributed by atoms with Crippen molar-refractivity contribution in [2.45, 2.75) is 59.2 Å². The maximum atomic E-state index is 13.4. The second kappa shape index (κ2) is 11.4. The molecule has 0 fully saturated rings. The van der Waals surface area contributed by atoms with E-state index in [4.69, 9.17) is 5.73 Å². The third-order valence-electron chi connectivity index (χ3n) is 5.84. The number of amides is 1. The second-order valence-electron chi connectivity index (χ2n) is 8.98. The number of carbonyl (C=O) groups is 1. The minimum absolute atomic E-state index is 0.0128. The Bertz CT molecular complexity index is 1310. The third-order valence-corrected chi connectivity index (χ3v) is 6.79. The van der Waals surface area contributed by atoms with Crippen LogP contribution in [0.5, 0.6) is 0 Å². The first kappa shape index (κ1) is 26.3. The molecule has 0 unspecified atom stereocenters. The molecule has 0 atom stereocenters. The number of unbranched alkanes of at least 4 members (excludes halogenated alkanes) is 1. The quantitative estimate of drug-likeness (QED) is 0.413. The number of nitrogens with zero attached hydrogens (tertiary/aromatic N) is 4. The molecule has 0 bridgehead atoms. The number of hydrogen-bond acceptors (Lipinski definition) is 6. The summed E-state index contributed by atoms with van der Waals surface area (Å²) in [5.41, 5.74) is 8.40. The lowest BCUT2D eigenvalue weighted by molar-refractivity contribution is -0.116. The lowest BCUT2D eigenvalue weighted by Gasteiger charge is -2.25. The summed E-state index contributed by atoms with van der Waals surface area (Å²) in [5, 5.41) is 0.675. The molecule has 0 saturated carbocycles. The Balaban J connectivity index is 1.91. The van der Waals surface area contributed by atoms with Crippen LogP contribution in [0.2, 0.25) is 0 Å². The van der Waals surface area contributed by atoms with Gasteiger partial charge in [0, 0.05) is 25.5 Å². The number of benzene rings is 1. The molecular weight excluding hydrogens is 464 g/mol. The number of H-pyrrole nitrogens is 1. The summed E-state index contributed by atoms with van der Waals surface area (Å²) in [5.74, 6) is -0.0638. The Labute approximate surface area is 209 Å². The number of nitrogens with two attached hydrogens (primary N) is 1. The zero-order valence-corrected chi connectivity index (χ0v) is 21.8. The van der Waals surface area contributed by atoms with Gasteiger partial charge >= 0.3 is 5.69 Å². The molecule has 3 N–H and O–H groups in total. The molecule has 0 aliphatic rings. The highest BCUT2D eigenvalue weighted by Gasteiger charge is 2.25. The standard InChI is InChI=1S/C25H34N6O3S/c1-6-7-12-30(21-22(26)31(14-16(2)3)24(34)28-23(21)33)20(32)15-35-25-27-11-13-29(25)19-10-8-9-17(4)18(19)5/h8-11,13,16H,6-7,12,14-15,26H2,1-5H3,(H,28,33,34). The zero-order valence-electron chi connectivity index (χ0n) is 21.0. The molecule has 0 spiro atoms. The predicted molar refractivity (Wildman–Crippen MR) is 142 cm³/mol. The van der Waals surface area contributed by atoms with E-state index in [1.807, 2.05) is 43.7 Å². The van der Waals surface area contributed by atoms with Gasteiger partial charge in [-0.3, -0.25) is 23.7 Å². The highest BCUT2D eigenvalue weighted by atomic mass is 32.2. The van der Waals surface area contributed by atoms with Crippen LogP contribution >= 0.6 is 11.8 Å². The smallest absolute Gasteiger partial charge is 0.330 e. The summed E-state index contributed by atoms with van der Waals surface area (Å²) >= 11 is 1.30. The SMILES string of the molecule is CCCCN(C(=O)CSc1nccn1-c1cccc(C)c1C)c1c(N)n(CC(C)C)c(=O)[nH]c1=O. The molecule has 0 radical (unpaired) electrons. The fraction of sp³-hybridized carbons (Fsp3) is 0.440. The number of hydrogen-bond donors (Lipinski definition) is 2. The molecule has 0 aliphatic carbocycles. The summed E-state index contributed by atoms with van der Waals surface area (Å²) in [6.45, 7) is 10.7. The number of thioether (sulfide) groups is 1. The molecule has 2 aromatic heterocycles. The van der Waals surface area contributed by atoms with Crippen molar-refractivity contribution in [3.8, 4) is 5.69 Å². The topological polar surface area (TPSA) is 119 Å². The van der Waals surface area contributed by atoms with Gasteiger partial charge in [-0.05, 0) is 43.4 Å². The van der Waals surface area contributed by atoms with E-state index in [0.717, 1.165) is 17.7 Å². The van der Waals surface area contributed by atoms with Crippen molar-refractivity contribution >= 4 is 29.2 Å². The van der Waals surface area contributed by atoms with E-state index in [1.54, 1.807) is 6.20 Å². The Hall–Kier alpha value is -3.27. The Morgan fingerprint density at radius 2 is 2.00 bits per heavy atom. The summed E-state index contributed by atoms with van der Waals surface area (Å²) in [7, 11) is 0. The van der Waals surface area contributed by atoms with Crippen molar-refractivity contribution < 1.29 is 4.79 Å². The molecule has 10 heteroatoms. The van der Waals surface area contributed by atoms with Gasteiger partial charge in [-0.25, -0.2) is 9.78 Å². The number of nitrogen functional groups attached to an aromatic ring is 1. The van der Waals surface area contributed by atoms with Gasteiger partial charge in [0.05, 0.1) is 11.4 Å². The minimum Gasteiger partial charge on any atom is -0.383 e. The van der Waals surface area contributed by atoms with Crippen LogP contribution in [0.4, 0.5) is 11.5 Å². The number of nitrogens with one attached hydrogen (secondary N) is 1. The van der Waals surface area contributed by atoms with Gasteiger partial charge in [-0.1, -0.05) is 51.1 Å². The van der Waals surface area contributed by atoms with Crippen molar-refractivity contribution in [2.24, 2.45) is 5.92 Å². The normalized spacial score (nSPS) is 11.3. The summed E-state index contributed by atoms with van der Waals surface area (Å²) < 4.78 is 3.29. The van der Waals surface area contributed by atoms with Crippen molar-refractivity contribution in [1.29, 1.82) is 0 Å². The van der Waals surface area contributed by atoms with Gasteiger partial charge in [0.15, 0.2) is 10.8 Å². The van der Waals surface area contributed by atoms with Crippen LogP contribution in [0.1, 0.15) is 44.7 Å². The lowest BCUT2D eigenvalue weighted by Crippen LogP contribution is -2.42. The lowest BCUT2D eigenvalue weighted by atomic mass is 10.1. The highest BCUT2D eigenvalue weighted by molar-refractivity contribution is 7.99. The van der Waals surface area contributed by atoms with Gasteiger partial charge in [0.2, 0.25) is 5.91 Å². The molecule has 1 aromatic carbocycles. The van der Waals surface area contributed by atoms with Gasteiger partial charge in [-0.2, -0.15) is 0 Å². The first-order chi connectivity index (χ1) is 16.6. The molecule has 3 rings (SSSR count). The molecule has 2 heterocycles. The van der Waals surface area contributed by atoms with Gasteiger partial charge in [0.25, 0.3) is 5.56 Å². The van der Waals surface area contributed by atoms with E-state index in [0.29, 0.717) is 24.7 Å². The predicted octanol–water partition coefficient (Wildman–Crippen LogP) is 3.50. The number of rotatable bonds is 10. The molecule has 1 amide bonds. The molecule has 35 heavy (non-hydrogen) atoms. The van der Waals surface area contributed by atoms with Gasteiger partial charge < -0.3 is 10.6 Å². The molecule has 188 valence electrons. The summed E-state index contributed by atoms with van der Waals surface area (Å²) in [4.78, 5) is 46.7. The van der Waals surface area contributed by atoms with Crippen molar-refractivity contribution in [3.05, 3.63) is 62.6 Å². The third kappa shape index (κ3) is 5.87. The number of imidazole rings is 1. The number of aryl methyl sites for hydroxylation is 1. The first-order valence-corrected chi connectivity index (χ1v) is 12.8. The van der Waals surface area contributed by atoms with E-state index < -0.39 is 11.2 Å². The summed E-state index contributed by atoms with van der Waals surface area (Å²) in [6.07, 6.45) is 5.09. The van der Waals surface area contributed by atoms with Gasteiger partial charge in [0.1, 0.15) is 5.82 Å². The van der Waals surface area contributed by atoms with Crippen molar-refractivity contribution in [1.82, 2.24) is 19.1 Å². The highest BCUT2D eigenvalue weighted by Crippen LogP contribution is 2.26. The van der Waals surface area contributed by atoms with E-state index in [-0.39, 0.29) is 29.1 Å². The van der Waals surface area contributed by atoms with Crippen LogP contribution in [-0.4, -0.2) is 37.3 Å². The minimum atomic E-state index is -0.654. The van der Waals surface area contributed by atoms with Crippen LogP contribution in [0.25, 0.3) is 5.69 Å². The maximum Gasteiger partial charge on any atom is 0.330 e. The Morgan fingerprint density at radius 1 is 1.26 bits per heavy atom. The molecule has 0 aliphatic heterocycles. The number of aromatic amines is 1. The first-order valence-electron chi connectivity index (χ1n) is 11.8. The fourth-order valence-corrected chi connectivity index (χ4v) is 4.68. The van der Waals surface area contributed by atoms with Crippen LogP contribution < -0.4 is 21.9 Å². The molecule has 3 aromatic rings. The maximum absolute atomic E-state index is 13.4. The van der Waals surface area contributed by atoms with E-state index in [2.05, 4.69) is 29.9 Å². The largest absolute Gasteiger partial charge is 0.383 e. The van der Waals surface area contributed by atoms with Crippen LogP contribution in [-0.2, 0) is 11.3 Å². The van der Waals surface area contributed by atoms with Crippen LogP contribution in [0, 0.1) is 19.8 Å². The molecule has 9 nitrogen and oxygen atoms in total. The van der Waals surface area contributed by atoms with Crippen LogP contribution in [0.15, 0.2) is 45.3 Å². The zero-order chi connectivity index (χ0) is 25.7. The molecular formula is C25H34N6O3S. The average molecular weight is 499 g/mol. The van der Waals surface area contributed by atoms with Crippen molar-refractivity contribution in [2.75, 3.05) is 22.9 Å². The van der Waals surface area contributed by atoms with E-state index in [1.165, 1.54) is 26.8 Å². The second-order valence-corrected chi connectivity index (χ2v) is 9.93. The van der Waals surface area contributed by atoms with Crippen LogP contribution in [0.3, 0.4) is 0 Å². The van der Waals surface area contributed by atoms with E-state index >= 15 is 0 Å². The Morgan fingerprint density at radius 3 is 2.69 bits per heavy atom. The fourth-order valence-electron chi connectivity index (χ4n) is 3.84. The summed E-state index contributed by atoms with van der Waals surface area (Å²) in [6, 6.07) is 6.06. The average Bonchev–Trinajstić information content (AvgIpc) is 3.27. The number of carbonyl (C=O) groups excluding carboxylic acids is 1.